The predicted octanol–water partition coefficient (Wildman–Crippen LogP) is 2.28. The lowest BCUT2D eigenvalue weighted by Gasteiger charge is -2.06. The van der Waals surface area contributed by atoms with Gasteiger partial charge < -0.3 is 10.1 Å². The molecule has 0 aliphatic heterocycles. The number of thiophene rings is 1. The lowest BCUT2D eigenvalue weighted by atomic mass is 10.1. The number of hydrogen-bond donors (Lipinski definition) is 1. The Morgan fingerprint density at radius 1 is 1.36 bits per heavy atom. The average molecular weight is 320 g/mol. The van der Waals surface area contributed by atoms with Crippen LogP contribution in [0.2, 0.25) is 0 Å². The Hall–Kier alpha value is -2.74. The molecule has 22 heavy (non-hydrogen) atoms. The van der Waals surface area contributed by atoms with Crippen molar-refractivity contribution in [1.82, 2.24) is 5.32 Å². The van der Waals surface area contributed by atoms with Crippen molar-refractivity contribution in [2.75, 3.05) is 13.7 Å². The fourth-order valence-electron chi connectivity index (χ4n) is 1.76. The second-order valence-corrected chi connectivity index (χ2v) is 5.17. The maximum atomic E-state index is 12.1. The molecule has 0 spiro atoms. The van der Waals surface area contributed by atoms with Crippen LogP contribution in [0.5, 0.6) is 5.75 Å². The van der Waals surface area contributed by atoms with Crippen molar-refractivity contribution in [3.8, 4) is 5.75 Å². The molecular formula is C14H12N2O5S. The number of carbonyl (C=O) groups excluding carboxylic acids is 2. The number of nitro benzene ring substituents is 1. The van der Waals surface area contributed by atoms with Gasteiger partial charge in [-0.05, 0) is 23.6 Å². The highest BCUT2D eigenvalue weighted by molar-refractivity contribution is 7.12. The minimum Gasteiger partial charge on any atom is -0.497 e. The van der Waals surface area contributed by atoms with E-state index in [1.54, 1.807) is 17.5 Å². The first-order valence-corrected chi connectivity index (χ1v) is 7.08. The smallest absolute Gasteiger partial charge is 0.282 e. The Kier molecular flexibility index (Phi) is 4.84. The molecule has 1 heterocycles. The zero-order valence-electron chi connectivity index (χ0n) is 11.6. The summed E-state index contributed by atoms with van der Waals surface area (Å²) in [4.78, 5) is 34.7. The van der Waals surface area contributed by atoms with Crippen molar-refractivity contribution in [2.45, 2.75) is 0 Å². The van der Waals surface area contributed by atoms with Crippen molar-refractivity contribution in [2.24, 2.45) is 0 Å². The molecule has 0 atom stereocenters. The summed E-state index contributed by atoms with van der Waals surface area (Å²) < 4.78 is 4.96. The summed E-state index contributed by atoms with van der Waals surface area (Å²) in [6.45, 7) is -0.228. The second-order valence-electron chi connectivity index (χ2n) is 4.22. The molecule has 0 saturated carbocycles. The first kappa shape index (κ1) is 15.6. The van der Waals surface area contributed by atoms with E-state index in [-0.39, 0.29) is 23.6 Å². The number of amides is 1. The van der Waals surface area contributed by atoms with Crippen LogP contribution in [-0.4, -0.2) is 30.3 Å². The third-order valence-electron chi connectivity index (χ3n) is 2.85. The molecule has 0 aliphatic carbocycles. The number of nitrogens with zero attached hydrogens (tertiary/aromatic N) is 1. The van der Waals surface area contributed by atoms with E-state index < -0.39 is 10.8 Å². The van der Waals surface area contributed by atoms with E-state index in [1.165, 1.54) is 36.6 Å². The molecule has 0 saturated heterocycles. The lowest BCUT2D eigenvalue weighted by molar-refractivity contribution is -0.385. The lowest BCUT2D eigenvalue weighted by Crippen LogP contribution is -2.29. The third kappa shape index (κ3) is 3.47. The van der Waals surface area contributed by atoms with E-state index >= 15 is 0 Å². The van der Waals surface area contributed by atoms with Crippen molar-refractivity contribution < 1.29 is 19.2 Å². The van der Waals surface area contributed by atoms with Gasteiger partial charge in [0, 0.05) is 6.07 Å². The minimum absolute atomic E-state index is 0.150. The first-order valence-electron chi connectivity index (χ1n) is 6.20. The zero-order valence-corrected chi connectivity index (χ0v) is 12.4. The van der Waals surface area contributed by atoms with Gasteiger partial charge in [-0.1, -0.05) is 6.07 Å². The van der Waals surface area contributed by atoms with Gasteiger partial charge in [-0.2, -0.15) is 0 Å². The molecule has 114 valence electrons. The largest absolute Gasteiger partial charge is 0.497 e. The van der Waals surface area contributed by atoms with E-state index in [0.29, 0.717) is 10.6 Å². The summed E-state index contributed by atoms with van der Waals surface area (Å²) in [6.07, 6.45) is 0. The SMILES string of the molecule is COc1ccc([N+](=O)[O-])c(C(=O)NCC(=O)c2cccs2)c1. The van der Waals surface area contributed by atoms with Crippen LogP contribution in [0.1, 0.15) is 20.0 Å². The maximum absolute atomic E-state index is 12.1. The number of Topliss-reactive ketones (excluding diaryl/α,β-unsaturated/α-hetero) is 1. The van der Waals surface area contributed by atoms with Crippen LogP contribution in [0, 0.1) is 10.1 Å². The predicted molar refractivity (Wildman–Crippen MR) is 80.6 cm³/mol. The Morgan fingerprint density at radius 3 is 2.73 bits per heavy atom. The molecule has 0 bridgehead atoms. The molecule has 0 fully saturated rings. The summed E-state index contributed by atoms with van der Waals surface area (Å²) in [5, 5.41) is 15.1. The van der Waals surface area contributed by atoms with Gasteiger partial charge >= 0.3 is 0 Å². The van der Waals surface area contributed by atoms with Crippen LogP contribution in [0.15, 0.2) is 35.7 Å². The van der Waals surface area contributed by atoms with E-state index in [9.17, 15) is 19.7 Å². The molecule has 7 nitrogen and oxygen atoms in total. The van der Waals surface area contributed by atoms with Crippen LogP contribution >= 0.6 is 11.3 Å². The van der Waals surface area contributed by atoms with Crippen LogP contribution in [0.3, 0.4) is 0 Å². The highest BCUT2D eigenvalue weighted by Gasteiger charge is 2.21. The number of nitro groups is 1. The highest BCUT2D eigenvalue weighted by Crippen LogP contribution is 2.23. The van der Waals surface area contributed by atoms with Crippen molar-refractivity contribution >= 4 is 28.7 Å². The number of benzene rings is 1. The fourth-order valence-corrected chi connectivity index (χ4v) is 2.43. The van der Waals surface area contributed by atoms with Gasteiger partial charge in [0.1, 0.15) is 11.3 Å². The second kappa shape index (κ2) is 6.81. The normalized spacial score (nSPS) is 10.0. The van der Waals surface area contributed by atoms with Crippen LogP contribution < -0.4 is 10.1 Å². The highest BCUT2D eigenvalue weighted by atomic mass is 32.1. The summed E-state index contributed by atoms with van der Waals surface area (Å²) >= 11 is 1.26. The number of ketones is 1. The third-order valence-corrected chi connectivity index (χ3v) is 3.76. The minimum atomic E-state index is -0.699. The molecule has 1 amide bonds. The van der Waals surface area contributed by atoms with E-state index in [4.69, 9.17) is 4.74 Å². The van der Waals surface area contributed by atoms with Gasteiger partial charge in [0.15, 0.2) is 5.78 Å². The molecule has 0 unspecified atom stereocenters. The number of hydrogen-bond acceptors (Lipinski definition) is 6. The maximum Gasteiger partial charge on any atom is 0.282 e. The topological polar surface area (TPSA) is 98.5 Å². The average Bonchev–Trinajstić information content (AvgIpc) is 3.05. The zero-order chi connectivity index (χ0) is 16.1. The van der Waals surface area contributed by atoms with Gasteiger partial charge in [-0.25, -0.2) is 0 Å². The molecule has 8 heteroatoms. The summed E-state index contributed by atoms with van der Waals surface area (Å²) in [6, 6.07) is 7.23. The van der Waals surface area contributed by atoms with E-state index in [2.05, 4.69) is 5.32 Å². The standard InChI is InChI=1S/C14H12N2O5S/c1-21-9-4-5-11(16(19)20)10(7-9)14(18)15-8-12(17)13-3-2-6-22-13/h2-7H,8H2,1H3,(H,15,18). The van der Waals surface area contributed by atoms with Gasteiger partial charge in [0.2, 0.25) is 0 Å². The van der Waals surface area contributed by atoms with Gasteiger partial charge in [0.25, 0.3) is 11.6 Å². The summed E-state index contributed by atoms with van der Waals surface area (Å²) in [7, 11) is 1.39. The summed E-state index contributed by atoms with van der Waals surface area (Å²) in [5.74, 6) is -0.635. The Morgan fingerprint density at radius 2 is 2.14 bits per heavy atom. The molecule has 1 N–H and O–H groups in total. The van der Waals surface area contributed by atoms with Gasteiger partial charge in [0.05, 0.1) is 23.5 Å². The van der Waals surface area contributed by atoms with Gasteiger partial charge in [-0.3, -0.25) is 19.7 Å². The molecule has 0 aliphatic rings. The Labute approximate surface area is 129 Å². The molecule has 2 aromatic rings. The summed E-state index contributed by atoms with van der Waals surface area (Å²) in [5.41, 5.74) is -0.495. The van der Waals surface area contributed by atoms with E-state index in [1.807, 2.05) is 0 Å². The molecule has 2 rings (SSSR count). The quantitative estimate of drug-likeness (QED) is 0.500. The van der Waals surface area contributed by atoms with Crippen molar-refractivity contribution in [3.63, 3.8) is 0 Å². The Balaban J connectivity index is 2.14. The number of ether oxygens (including phenoxy) is 1. The molecule has 1 aromatic carbocycles. The van der Waals surface area contributed by atoms with Gasteiger partial charge in [-0.15, -0.1) is 11.3 Å². The molecular weight excluding hydrogens is 308 g/mol. The number of carbonyl (C=O) groups is 2. The van der Waals surface area contributed by atoms with Crippen LogP contribution in [0.25, 0.3) is 0 Å². The molecule has 0 radical (unpaired) electrons. The van der Waals surface area contributed by atoms with Crippen molar-refractivity contribution in [1.29, 1.82) is 0 Å². The molecule has 1 aromatic heterocycles. The number of rotatable bonds is 6. The van der Waals surface area contributed by atoms with E-state index in [0.717, 1.165) is 0 Å². The van der Waals surface area contributed by atoms with Crippen LogP contribution in [-0.2, 0) is 0 Å². The number of methoxy groups -OCH3 is 1. The van der Waals surface area contributed by atoms with Crippen LogP contribution in [0.4, 0.5) is 5.69 Å². The fraction of sp³-hybridized carbons (Fsp3) is 0.143. The van der Waals surface area contributed by atoms with Crippen molar-refractivity contribution in [3.05, 3.63) is 56.3 Å². The first-order chi connectivity index (χ1) is 10.5. The number of nitrogens with one attached hydrogen (secondary N) is 1. The Bertz CT molecular complexity index is 712. The monoisotopic (exact) mass is 320 g/mol.